The molecule has 1 aromatic carbocycles. The van der Waals surface area contributed by atoms with E-state index in [1.165, 1.54) is 17.4 Å². The Kier molecular flexibility index (Phi) is 3.64. The molecule has 1 aromatic heterocycles. The molecular formula is C12H12ClFN2S. The zero-order valence-electron chi connectivity index (χ0n) is 9.52. The highest BCUT2D eigenvalue weighted by Gasteiger charge is 2.17. The molecule has 0 radical (unpaired) electrons. The van der Waals surface area contributed by atoms with E-state index in [1.54, 1.807) is 17.5 Å². The minimum atomic E-state index is -0.200. The topological polar surface area (TPSA) is 16.1 Å². The van der Waals surface area contributed by atoms with Crippen LogP contribution in [0.3, 0.4) is 0 Å². The molecule has 2 nitrogen and oxygen atoms in total. The van der Waals surface area contributed by atoms with Crippen LogP contribution in [0.4, 0.5) is 9.52 Å². The fourth-order valence-electron chi connectivity index (χ4n) is 1.60. The highest BCUT2D eigenvalue weighted by molar-refractivity contribution is 7.14. The molecule has 0 saturated carbocycles. The number of halogens is 2. The van der Waals surface area contributed by atoms with E-state index in [-0.39, 0.29) is 11.9 Å². The van der Waals surface area contributed by atoms with Crippen molar-refractivity contribution in [1.82, 2.24) is 4.98 Å². The quantitative estimate of drug-likeness (QED) is 0.834. The molecule has 90 valence electrons. The second kappa shape index (κ2) is 5.02. The van der Waals surface area contributed by atoms with Crippen molar-refractivity contribution in [3.63, 3.8) is 0 Å². The van der Waals surface area contributed by atoms with Gasteiger partial charge in [-0.05, 0) is 13.0 Å². The van der Waals surface area contributed by atoms with Crippen LogP contribution in [0.2, 0.25) is 5.15 Å². The fraction of sp³-hybridized carbons (Fsp3) is 0.250. The Bertz CT molecular complexity index is 515. The maximum atomic E-state index is 13.7. The second-order valence-electron chi connectivity index (χ2n) is 3.76. The monoisotopic (exact) mass is 270 g/mol. The molecule has 0 aliphatic rings. The third-order valence-electron chi connectivity index (χ3n) is 2.70. The third-order valence-corrected chi connectivity index (χ3v) is 3.96. The predicted octanol–water partition coefficient (Wildman–Crippen LogP) is 4.13. The summed E-state index contributed by atoms with van der Waals surface area (Å²) in [7, 11) is 1.88. The maximum absolute atomic E-state index is 13.7. The Morgan fingerprint density at radius 3 is 2.71 bits per heavy atom. The number of thiazole rings is 1. The Morgan fingerprint density at radius 1 is 1.41 bits per heavy atom. The van der Waals surface area contributed by atoms with Gasteiger partial charge in [-0.25, -0.2) is 9.37 Å². The van der Waals surface area contributed by atoms with E-state index < -0.39 is 0 Å². The van der Waals surface area contributed by atoms with Crippen molar-refractivity contribution in [2.24, 2.45) is 0 Å². The van der Waals surface area contributed by atoms with Crippen LogP contribution in [0.15, 0.2) is 29.6 Å². The third kappa shape index (κ3) is 2.58. The molecule has 0 fully saturated rings. The van der Waals surface area contributed by atoms with Crippen molar-refractivity contribution in [3.05, 3.63) is 46.2 Å². The zero-order chi connectivity index (χ0) is 12.4. The molecule has 2 aromatic rings. The van der Waals surface area contributed by atoms with E-state index in [9.17, 15) is 4.39 Å². The van der Waals surface area contributed by atoms with Gasteiger partial charge in [-0.2, -0.15) is 0 Å². The van der Waals surface area contributed by atoms with Crippen molar-refractivity contribution in [2.75, 3.05) is 11.9 Å². The van der Waals surface area contributed by atoms with Gasteiger partial charge in [-0.15, -0.1) is 11.3 Å². The minimum absolute atomic E-state index is 0.0848. The summed E-state index contributed by atoms with van der Waals surface area (Å²) in [5.41, 5.74) is 0.654. The summed E-state index contributed by atoms with van der Waals surface area (Å²) in [5.74, 6) is -0.200. The van der Waals surface area contributed by atoms with E-state index in [1.807, 2.05) is 24.9 Å². The number of rotatable bonds is 3. The molecule has 0 saturated heterocycles. The van der Waals surface area contributed by atoms with Gasteiger partial charge in [0.15, 0.2) is 5.13 Å². The first kappa shape index (κ1) is 12.3. The van der Waals surface area contributed by atoms with Crippen molar-refractivity contribution >= 4 is 28.1 Å². The summed E-state index contributed by atoms with van der Waals surface area (Å²) in [4.78, 5) is 6.09. The van der Waals surface area contributed by atoms with Gasteiger partial charge < -0.3 is 4.90 Å². The van der Waals surface area contributed by atoms with Crippen molar-refractivity contribution in [2.45, 2.75) is 13.0 Å². The van der Waals surface area contributed by atoms with Gasteiger partial charge in [0.1, 0.15) is 11.0 Å². The van der Waals surface area contributed by atoms with Crippen LogP contribution in [0.25, 0.3) is 0 Å². The number of anilines is 1. The van der Waals surface area contributed by atoms with E-state index in [0.717, 1.165) is 5.13 Å². The Morgan fingerprint density at radius 2 is 2.12 bits per heavy atom. The number of hydrogen-bond acceptors (Lipinski definition) is 3. The standard InChI is InChI=1S/C12H12ClFN2S/c1-8(9-5-3-4-6-10(9)14)16(2)12-15-11(13)7-17-12/h3-8H,1-2H3. The van der Waals surface area contributed by atoms with E-state index in [0.29, 0.717) is 10.7 Å². The minimum Gasteiger partial charge on any atom is -0.344 e. The summed E-state index contributed by atoms with van der Waals surface area (Å²) in [5, 5.41) is 3.02. The molecule has 5 heteroatoms. The van der Waals surface area contributed by atoms with Crippen molar-refractivity contribution in [3.8, 4) is 0 Å². The average Bonchev–Trinajstić information content (AvgIpc) is 2.75. The van der Waals surface area contributed by atoms with Gasteiger partial charge in [0.2, 0.25) is 0 Å². The zero-order valence-corrected chi connectivity index (χ0v) is 11.1. The molecule has 1 atom stereocenters. The van der Waals surface area contributed by atoms with E-state index in [2.05, 4.69) is 4.98 Å². The van der Waals surface area contributed by atoms with Gasteiger partial charge >= 0.3 is 0 Å². The smallest absolute Gasteiger partial charge is 0.186 e. The van der Waals surface area contributed by atoms with Crippen LogP contribution in [0.1, 0.15) is 18.5 Å². The Labute approximate surface area is 109 Å². The summed E-state index contributed by atoms with van der Waals surface area (Å²) < 4.78 is 13.7. The van der Waals surface area contributed by atoms with Gasteiger partial charge in [0, 0.05) is 18.0 Å². The lowest BCUT2D eigenvalue weighted by molar-refractivity contribution is 0.585. The molecule has 0 N–H and O–H groups in total. The largest absolute Gasteiger partial charge is 0.344 e. The number of aromatic nitrogens is 1. The summed E-state index contributed by atoms with van der Waals surface area (Å²) in [6, 6.07) is 6.68. The fourth-order valence-corrected chi connectivity index (χ4v) is 2.59. The molecule has 2 rings (SSSR count). The highest BCUT2D eigenvalue weighted by atomic mass is 35.5. The second-order valence-corrected chi connectivity index (χ2v) is 4.98. The SMILES string of the molecule is CC(c1ccccc1F)N(C)c1nc(Cl)cs1. The Hall–Kier alpha value is -1.13. The first-order chi connectivity index (χ1) is 8.09. The van der Waals surface area contributed by atoms with Crippen LogP contribution in [0, 0.1) is 5.82 Å². The van der Waals surface area contributed by atoms with Crippen molar-refractivity contribution < 1.29 is 4.39 Å². The normalized spacial score (nSPS) is 12.5. The van der Waals surface area contributed by atoms with Gasteiger partial charge in [-0.1, -0.05) is 29.8 Å². The van der Waals surface area contributed by atoms with Crippen LogP contribution in [0.5, 0.6) is 0 Å². The lowest BCUT2D eigenvalue weighted by atomic mass is 10.1. The molecule has 0 bridgehead atoms. The van der Waals surface area contributed by atoms with Gasteiger partial charge in [0.05, 0.1) is 6.04 Å². The highest BCUT2D eigenvalue weighted by Crippen LogP contribution is 2.30. The van der Waals surface area contributed by atoms with Crippen LogP contribution in [-0.4, -0.2) is 12.0 Å². The van der Waals surface area contributed by atoms with Gasteiger partial charge in [0.25, 0.3) is 0 Å². The maximum Gasteiger partial charge on any atom is 0.186 e. The number of hydrogen-bond donors (Lipinski definition) is 0. The summed E-state index contributed by atoms with van der Waals surface area (Å²) in [6.07, 6.45) is 0. The molecular weight excluding hydrogens is 259 g/mol. The number of nitrogens with zero attached hydrogens (tertiary/aromatic N) is 2. The summed E-state index contributed by atoms with van der Waals surface area (Å²) in [6.45, 7) is 1.94. The molecule has 17 heavy (non-hydrogen) atoms. The van der Waals surface area contributed by atoms with Crippen LogP contribution in [-0.2, 0) is 0 Å². The molecule has 0 aliphatic heterocycles. The predicted molar refractivity (Wildman–Crippen MR) is 70.3 cm³/mol. The lowest BCUT2D eigenvalue weighted by Crippen LogP contribution is -2.22. The summed E-state index contributed by atoms with van der Waals surface area (Å²) >= 11 is 7.23. The molecule has 1 heterocycles. The lowest BCUT2D eigenvalue weighted by Gasteiger charge is -2.24. The molecule has 0 aliphatic carbocycles. The average molecular weight is 271 g/mol. The van der Waals surface area contributed by atoms with Crippen molar-refractivity contribution in [1.29, 1.82) is 0 Å². The van der Waals surface area contributed by atoms with Crippen LogP contribution < -0.4 is 4.90 Å². The van der Waals surface area contributed by atoms with E-state index >= 15 is 0 Å². The molecule has 1 unspecified atom stereocenters. The Balaban J connectivity index is 2.26. The first-order valence-corrected chi connectivity index (χ1v) is 6.43. The van der Waals surface area contributed by atoms with E-state index in [4.69, 9.17) is 11.6 Å². The molecule has 0 spiro atoms. The molecule has 0 amide bonds. The van der Waals surface area contributed by atoms with Crippen LogP contribution >= 0.6 is 22.9 Å². The first-order valence-electron chi connectivity index (χ1n) is 5.18. The van der Waals surface area contributed by atoms with Gasteiger partial charge in [-0.3, -0.25) is 0 Å². The number of benzene rings is 1.